The minimum absolute atomic E-state index is 0.260. The van der Waals surface area contributed by atoms with E-state index >= 15 is 0 Å². The van der Waals surface area contributed by atoms with Gasteiger partial charge in [-0.25, -0.2) is 4.90 Å². The lowest BCUT2D eigenvalue weighted by atomic mass is 10.1. The summed E-state index contributed by atoms with van der Waals surface area (Å²) in [5.41, 5.74) is 1.85. The maximum Gasteiger partial charge on any atom is 0.263 e. The summed E-state index contributed by atoms with van der Waals surface area (Å²) in [7, 11) is 0. The van der Waals surface area contributed by atoms with Crippen molar-refractivity contribution in [1.82, 2.24) is 5.01 Å². The van der Waals surface area contributed by atoms with Crippen LogP contribution in [0.2, 0.25) is 10.0 Å². The molecule has 10 heteroatoms. The summed E-state index contributed by atoms with van der Waals surface area (Å²) in [6, 6.07) is 9.77. The lowest BCUT2D eigenvalue weighted by molar-refractivity contribution is -0.123. The zero-order valence-corrected chi connectivity index (χ0v) is 16.7. The molecule has 0 aromatic heterocycles. The number of carbonyl (C=O) groups is 3. The number of carbonyl (C=O) groups excluding carboxylic acids is 3. The first kappa shape index (κ1) is 19.4. The number of hydrogen-bond donors (Lipinski definition) is 1. The van der Waals surface area contributed by atoms with Gasteiger partial charge in [-0.2, -0.15) is 5.11 Å². The summed E-state index contributed by atoms with van der Waals surface area (Å²) in [6.45, 7) is 1.65. The molecule has 8 nitrogen and oxygen atoms in total. The zero-order valence-electron chi connectivity index (χ0n) is 15.2. The van der Waals surface area contributed by atoms with E-state index in [0.29, 0.717) is 16.4 Å². The van der Waals surface area contributed by atoms with E-state index in [-0.39, 0.29) is 11.6 Å². The van der Waals surface area contributed by atoms with Crippen molar-refractivity contribution >= 4 is 52.3 Å². The first-order valence-corrected chi connectivity index (χ1v) is 9.47. The Bertz CT molecular complexity index is 1040. The van der Waals surface area contributed by atoms with Crippen molar-refractivity contribution in [2.24, 2.45) is 10.3 Å². The summed E-state index contributed by atoms with van der Waals surface area (Å²) in [4.78, 5) is 39.1. The number of nitrogens with zero attached hydrogens (tertiary/aromatic N) is 4. The van der Waals surface area contributed by atoms with Crippen molar-refractivity contribution in [2.75, 3.05) is 16.8 Å². The molecule has 0 radical (unpaired) electrons. The highest BCUT2D eigenvalue weighted by Gasteiger charge is 2.55. The van der Waals surface area contributed by atoms with E-state index in [1.807, 2.05) is 19.1 Å². The smallest absolute Gasteiger partial charge is 0.263 e. The molecule has 0 bridgehead atoms. The SMILES string of the molecule is Cc1ccc(N2C(=O)[C@@H]3[C@@H](N=NN3CC(=O)Nc3ccc(Cl)cc3Cl)C2=O)cc1. The van der Waals surface area contributed by atoms with Crippen LogP contribution in [0.1, 0.15) is 5.56 Å². The molecule has 1 saturated heterocycles. The second-order valence-corrected chi connectivity index (χ2v) is 7.56. The number of fused-ring (bicyclic) bond motifs is 1. The van der Waals surface area contributed by atoms with Gasteiger partial charge in [0.05, 0.1) is 16.4 Å². The van der Waals surface area contributed by atoms with Crippen LogP contribution in [-0.2, 0) is 14.4 Å². The van der Waals surface area contributed by atoms with Crippen LogP contribution < -0.4 is 10.2 Å². The molecule has 29 heavy (non-hydrogen) atoms. The molecule has 2 aromatic rings. The van der Waals surface area contributed by atoms with Crippen LogP contribution in [-0.4, -0.2) is 41.4 Å². The molecule has 2 atom stereocenters. The van der Waals surface area contributed by atoms with Gasteiger partial charge in [-0.15, -0.1) is 0 Å². The average molecular weight is 432 g/mol. The molecule has 2 aliphatic rings. The molecule has 3 amide bonds. The predicted molar refractivity (Wildman–Crippen MR) is 108 cm³/mol. The van der Waals surface area contributed by atoms with Crippen LogP contribution in [0.5, 0.6) is 0 Å². The number of imide groups is 1. The topological polar surface area (TPSA) is 94.4 Å². The Morgan fingerprint density at radius 2 is 1.83 bits per heavy atom. The molecular formula is C19H15Cl2N5O3. The lowest BCUT2D eigenvalue weighted by Gasteiger charge is -2.20. The predicted octanol–water partition coefficient (Wildman–Crippen LogP) is 3.23. The van der Waals surface area contributed by atoms with E-state index < -0.39 is 29.8 Å². The van der Waals surface area contributed by atoms with Gasteiger partial charge in [-0.05, 0) is 37.3 Å². The molecular weight excluding hydrogens is 417 g/mol. The first-order chi connectivity index (χ1) is 13.8. The maximum atomic E-state index is 12.9. The van der Waals surface area contributed by atoms with Gasteiger partial charge in [0.25, 0.3) is 11.8 Å². The standard InChI is InChI=1S/C19H15Cl2N5O3/c1-10-2-5-12(6-3-10)26-18(28)16-17(19(26)29)25(24-23-16)9-15(27)22-14-7-4-11(20)8-13(14)21/h2-8,16-17H,9H2,1H3,(H,22,27)/t16-,17+/m1/s1. The van der Waals surface area contributed by atoms with Gasteiger partial charge >= 0.3 is 0 Å². The van der Waals surface area contributed by atoms with Gasteiger partial charge in [-0.3, -0.25) is 19.4 Å². The quantitative estimate of drug-likeness (QED) is 0.751. The van der Waals surface area contributed by atoms with Gasteiger partial charge in [0.15, 0.2) is 12.1 Å². The van der Waals surface area contributed by atoms with Gasteiger partial charge in [0, 0.05) is 5.02 Å². The molecule has 148 valence electrons. The summed E-state index contributed by atoms with van der Waals surface area (Å²) in [5.74, 6) is -1.38. The molecule has 4 rings (SSSR count). The second kappa shape index (κ2) is 7.46. The minimum atomic E-state index is -0.962. The van der Waals surface area contributed by atoms with Crippen molar-refractivity contribution in [1.29, 1.82) is 0 Å². The number of anilines is 2. The summed E-state index contributed by atoms with van der Waals surface area (Å²) in [5, 5.41) is 12.3. The van der Waals surface area contributed by atoms with Crippen molar-refractivity contribution in [2.45, 2.75) is 19.0 Å². The molecule has 0 spiro atoms. The average Bonchev–Trinajstić information content (AvgIpc) is 3.19. The fourth-order valence-corrected chi connectivity index (χ4v) is 3.69. The Labute approximate surface area is 176 Å². The fraction of sp³-hybridized carbons (Fsp3) is 0.211. The van der Waals surface area contributed by atoms with E-state index in [1.165, 1.54) is 11.1 Å². The number of aryl methyl sites for hydroxylation is 1. The van der Waals surface area contributed by atoms with Crippen LogP contribution in [0.25, 0.3) is 0 Å². The first-order valence-electron chi connectivity index (χ1n) is 8.72. The monoisotopic (exact) mass is 431 g/mol. The molecule has 2 heterocycles. The number of benzene rings is 2. The summed E-state index contributed by atoms with van der Waals surface area (Å²) in [6.07, 6.45) is 0. The zero-order chi connectivity index (χ0) is 20.7. The van der Waals surface area contributed by atoms with Crippen molar-refractivity contribution in [3.63, 3.8) is 0 Å². The van der Waals surface area contributed by atoms with Crippen molar-refractivity contribution < 1.29 is 14.4 Å². The van der Waals surface area contributed by atoms with Crippen molar-refractivity contribution in [3.8, 4) is 0 Å². The van der Waals surface area contributed by atoms with E-state index in [0.717, 1.165) is 10.5 Å². The maximum absolute atomic E-state index is 12.9. The normalized spacial score (nSPS) is 20.4. The van der Waals surface area contributed by atoms with E-state index in [9.17, 15) is 14.4 Å². The fourth-order valence-electron chi connectivity index (χ4n) is 3.23. The Hall–Kier alpha value is -2.97. The van der Waals surface area contributed by atoms with Crippen LogP contribution >= 0.6 is 23.2 Å². The molecule has 2 aliphatic heterocycles. The second-order valence-electron chi connectivity index (χ2n) is 6.71. The molecule has 1 fully saturated rings. The Morgan fingerprint density at radius 1 is 1.10 bits per heavy atom. The van der Waals surface area contributed by atoms with Crippen LogP contribution in [0.3, 0.4) is 0 Å². The van der Waals surface area contributed by atoms with Crippen LogP contribution in [0.4, 0.5) is 11.4 Å². The number of nitrogens with one attached hydrogen (secondary N) is 1. The van der Waals surface area contributed by atoms with E-state index in [4.69, 9.17) is 23.2 Å². The molecule has 0 aliphatic carbocycles. The molecule has 0 unspecified atom stereocenters. The summed E-state index contributed by atoms with van der Waals surface area (Å²) >= 11 is 11.9. The highest BCUT2D eigenvalue weighted by Crippen LogP contribution is 2.32. The van der Waals surface area contributed by atoms with Crippen LogP contribution in [0.15, 0.2) is 52.8 Å². The van der Waals surface area contributed by atoms with Gasteiger partial charge < -0.3 is 5.32 Å². The molecule has 2 aromatic carbocycles. The third-order valence-electron chi connectivity index (χ3n) is 4.66. The third-order valence-corrected chi connectivity index (χ3v) is 5.21. The molecule has 1 N–H and O–H groups in total. The summed E-state index contributed by atoms with van der Waals surface area (Å²) < 4.78 is 0. The molecule has 0 saturated carbocycles. The van der Waals surface area contributed by atoms with E-state index in [1.54, 1.807) is 24.3 Å². The Morgan fingerprint density at radius 3 is 2.52 bits per heavy atom. The van der Waals surface area contributed by atoms with Gasteiger partial charge in [0.1, 0.15) is 6.54 Å². The minimum Gasteiger partial charge on any atom is -0.323 e. The number of rotatable bonds is 4. The van der Waals surface area contributed by atoms with Crippen molar-refractivity contribution in [3.05, 3.63) is 58.1 Å². The largest absolute Gasteiger partial charge is 0.323 e. The van der Waals surface area contributed by atoms with Gasteiger partial charge in [0.2, 0.25) is 5.91 Å². The number of amides is 3. The third kappa shape index (κ3) is 3.56. The Balaban J connectivity index is 1.49. The van der Waals surface area contributed by atoms with E-state index in [2.05, 4.69) is 15.7 Å². The van der Waals surface area contributed by atoms with Crippen LogP contribution in [0, 0.1) is 6.92 Å². The highest BCUT2D eigenvalue weighted by atomic mass is 35.5. The highest BCUT2D eigenvalue weighted by molar-refractivity contribution is 6.36. The lowest BCUT2D eigenvalue weighted by Crippen LogP contribution is -2.43. The number of hydrogen-bond acceptors (Lipinski definition) is 6. The number of halogens is 2. The van der Waals surface area contributed by atoms with Gasteiger partial charge in [-0.1, -0.05) is 46.1 Å². The Kier molecular flexibility index (Phi) is 4.97.